The molecule has 0 amide bonds. The fourth-order valence-electron chi connectivity index (χ4n) is 2.24. The maximum absolute atomic E-state index is 13.1. The largest absolute Gasteiger partial charge is 0.488 e. The van der Waals surface area contributed by atoms with E-state index >= 15 is 0 Å². The third kappa shape index (κ3) is 3.62. The lowest BCUT2D eigenvalue weighted by Gasteiger charge is -2.14. The fraction of sp³-hybridized carbons (Fsp3) is 0.571. The molecule has 0 saturated heterocycles. The molecular weight excluding hydrogens is 249 g/mol. The van der Waals surface area contributed by atoms with E-state index in [0.29, 0.717) is 5.92 Å². The van der Waals surface area contributed by atoms with Crippen LogP contribution in [0.5, 0.6) is 5.75 Å². The monoisotopic (exact) mass is 269 g/mol. The Labute approximate surface area is 112 Å². The van der Waals surface area contributed by atoms with Gasteiger partial charge in [-0.2, -0.15) is 11.8 Å². The summed E-state index contributed by atoms with van der Waals surface area (Å²) in [5.41, 5.74) is 0.985. The van der Waals surface area contributed by atoms with E-state index in [9.17, 15) is 4.39 Å². The van der Waals surface area contributed by atoms with E-state index in [1.165, 1.54) is 11.8 Å². The summed E-state index contributed by atoms with van der Waals surface area (Å²) in [6, 6.07) is 4.75. The number of hydrogen-bond acceptors (Lipinski definition) is 3. The highest BCUT2D eigenvalue weighted by atomic mass is 32.2. The van der Waals surface area contributed by atoms with Gasteiger partial charge in [0.1, 0.15) is 17.7 Å². The third-order valence-corrected chi connectivity index (χ3v) is 3.98. The lowest BCUT2D eigenvalue weighted by Crippen LogP contribution is -2.33. The van der Waals surface area contributed by atoms with Gasteiger partial charge in [-0.05, 0) is 42.7 Å². The second-order valence-electron chi connectivity index (χ2n) is 4.91. The molecule has 0 bridgehead atoms. The number of rotatable bonds is 6. The number of hydrogen-bond donors (Lipinski definition) is 1. The number of halogens is 1. The zero-order valence-electron chi connectivity index (χ0n) is 10.9. The summed E-state index contributed by atoms with van der Waals surface area (Å²) in [6.07, 6.45) is 3.07. The van der Waals surface area contributed by atoms with Crippen LogP contribution < -0.4 is 10.1 Å². The molecule has 1 heterocycles. The Morgan fingerprint density at radius 3 is 3.17 bits per heavy atom. The Morgan fingerprint density at radius 2 is 2.39 bits per heavy atom. The summed E-state index contributed by atoms with van der Waals surface area (Å²) in [7, 11) is 0. The molecule has 2 unspecified atom stereocenters. The number of nitrogens with one attached hydrogen (secondary N) is 1. The van der Waals surface area contributed by atoms with E-state index in [1.807, 2.05) is 11.8 Å². The summed E-state index contributed by atoms with van der Waals surface area (Å²) >= 11 is 1.87. The van der Waals surface area contributed by atoms with Crippen molar-refractivity contribution in [1.82, 2.24) is 5.32 Å². The fourth-order valence-corrected chi connectivity index (χ4v) is 2.92. The van der Waals surface area contributed by atoms with Crippen molar-refractivity contribution in [3.8, 4) is 5.75 Å². The first-order chi connectivity index (χ1) is 8.69. The highest BCUT2D eigenvalue weighted by molar-refractivity contribution is 7.98. The molecule has 1 aliphatic heterocycles. The van der Waals surface area contributed by atoms with Crippen molar-refractivity contribution in [2.24, 2.45) is 5.92 Å². The minimum absolute atomic E-state index is 0.142. The van der Waals surface area contributed by atoms with Crippen LogP contribution in [0, 0.1) is 11.7 Å². The predicted octanol–water partition coefficient (Wildman–Crippen LogP) is 2.72. The molecule has 100 valence electrons. The molecule has 0 radical (unpaired) electrons. The molecule has 1 N–H and O–H groups in total. The van der Waals surface area contributed by atoms with E-state index in [2.05, 4.69) is 18.5 Å². The van der Waals surface area contributed by atoms with Crippen molar-refractivity contribution in [2.45, 2.75) is 19.4 Å². The minimum atomic E-state index is -0.181. The van der Waals surface area contributed by atoms with Crippen LogP contribution in [0.3, 0.4) is 0 Å². The summed E-state index contributed by atoms with van der Waals surface area (Å²) in [4.78, 5) is 0. The summed E-state index contributed by atoms with van der Waals surface area (Å²) in [6.45, 7) is 4.07. The van der Waals surface area contributed by atoms with Gasteiger partial charge in [0.2, 0.25) is 0 Å². The SMILES string of the molecule is CSCC(C)CNCC1Cc2cc(F)ccc2O1. The molecule has 1 aliphatic rings. The Balaban J connectivity index is 1.74. The minimum Gasteiger partial charge on any atom is -0.488 e. The quantitative estimate of drug-likeness (QED) is 0.858. The Morgan fingerprint density at radius 1 is 1.56 bits per heavy atom. The number of ether oxygens (including phenoxy) is 1. The van der Waals surface area contributed by atoms with Crippen molar-refractivity contribution in [3.05, 3.63) is 29.6 Å². The van der Waals surface area contributed by atoms with Gasteiger partial charge in [0.25, 0.3) is 0 Å². The highest BCUT2D eigenvalue weighted by Gasteiger charge is 2.22. The topological polar surface area (TPSA) is 21.3 Å². The van der Waals surface area contributed by atoms with E-state index in [-0.39, 0.29) is 11.9 Å². The van der Waals surface area contributed by atoms with Crippen molar-refractivity contribution >= 4 is 11.8 Å². The first-order valence-electron chi connectivity index (χ1n) is 6.33. The van der Waals surface area contributed by atoms with Crippen LogP contribution in [0.15, 0.2) is 18.2 Å². The average Bonchev–Trinajstić information content (AvgIpc) is 2.71. The molecule has 1 aromatic rings. The molecule has 4 heteroatoms. The van der Waals surface area contributed by atoms with Crippen LogP contribution in [-0.4, -0.2) is 31.2 Å². The Hall–Kier alpha value is -0.740. The Bertz CT molecular complexity index is 399. The highest BCUT2D eigenvalue weighted by Crippen LogP contribution is 2.28. The lowest BCUT2D eigenvalue weighted by atomic mass is 10.1. The molecule has 0 saturated carbocycles. The van der Waals surface area contributed by atoms with Crippen molar-refractivity contribution in [1.29, 1.82) is 0 Å². The van der Waals surface area contributed by atoms with Crippen molar-refractivity contribution < 1.29 is 9.13 Å². The summed E-state index contributed by atoms with van der Waals surface area (Å²) < 4.78 is 18.8. The van der Waals surface area contributed by atoms with E-state index in [1.54, 1.807) is 12.1 Å². The molecule has 2 nitrogen and oxygen atoms in total. The molecule has 0 fully saturated rings. The van der Waals surface area contributed by atoms with Gasteiger partial charge >= 0.3 is 0 Å². The van der Waals surface area contributed by atoms with Crippen molar-refractivity contribution in [2.75, 3.05) is 25.1 Å². The van der Waals surface area contributed by atoms with Gasteiger partial charge in [-0.15, -0.1) is 0 Å². The zero-order valence-corrected chi connectivity index (χ0v) is 11.7. The maximum Gasteiger partial charge on any atom is 0.123 e. The Kier molecular flexibility index (Phi) is 4.89. The number of thioether (sulfide) groups is 1. The smallest absolute Gasteiger partial charge is 0.123 e. The van der Waals surface area contributed by atoms with Gasteiger partial charge in [0.05, 0.1) is 0 Å². The first kappa shape index (κ1) is 13.7. The normalized spacial score (nSPS) is 19.4. The van der Waals surface area contributed by atoms with Crippen LogP contribution in [0.4, 0.5) is 4.39 Å². The number of fused-ring (bicyclic) bond motifs is 1. The molecule has 0 aromatic heterocycles. The van der Waals surface area contributed by atoms with Gasteiger partial charge in [-0.3, -0.25) is 0 Å². The van der Waals surface area contributed by atoms with Gasteiger partial charge in [-0.1, -0.05) is 6.92 Å². The standard InChI is InChI=1S/C14H20FNOS/c1-10(9-18-2)7-16-8-13-6-11-5-12(15)3-4-14(11)17-13/h3-5,10,13,16H,6-9H2,1-2H3. The van der Waals surface area contributed by atoms with Gasteiger partial charge in [0, 0.05) is 18.5 Å². The molecule has 0 aliphatic carbocycles. The molecule has 0 spiro atoms. The maximum atomic E-state index is 13.1. The molecule has 2 rings (SSSR count). The summed E-state index contributed by atoms with van der Waals surface area (Å²) in [5.74, 6) is 2.49. The third-order valence-electron chi connectivity index (χ3n) is 3.08. The van der Waals surface area contributed by atoms with Crippen LogP contribution in [-0.2, 0) is 6.42 Å². The van der Waals surface area contributed by atoms with E-state index in [4.69, 9.17) is 4.74 Å². The van der Waals surface area contributed by atoms with Gasteiger partial charge < -0.3 is 10.1 Å². The predicted molar refractivity (Wildman–Crippen MR) is 74.9 cm³/mol. The van der Waals surface area contributed by atoms with Crippen LogP contribution in [0.25, 0.3) is 0 Å². The van der Waals surface area contributed by atoms with Gasteiger partial charge in [0.15, 0.2) is 0 Å². The van der Waals surface area contributed by atoms with E-state index < -0.39 is 0 Å². The van der Waals surface area contributed by atoms with E-state index in [0.717, 1.165) is 30.8 Å². The van der Waals surface area contributed by atoms with Crippen LogP contribution in [0.1, 0.15) is 12.5 Å². The van der Waals surface area contributed by atoms with Gasteiger partial charge in [-0.25, -0.2) is 4.39 Å². The summed E-state index contributed by atoms with van der Waals surface area (Å²) in [5, 5.41) is 3.43. The molecule has 18 heavy (non-hydrogen) atoms. The second-order valence-corrected chi connectivity index (χ2v) is 5.83. The zero-order chi connectivity index (χ0) is 13.0. The molecular formula is C14H20FNOS. The second kappa shape index (κ2) is 6.43. The van der Waals surface area contributed by atoms with Crippen LogP contribution >= 0.6 is 11.8 Å². The molecule has 2 atom stereocenters. The first-order valence-corrected chi connectivity index (χ1v) is 7.73. The molecule has 1 aromatic carbocycles. The lowest BCUT2D eigenvalue weighted by molar-refractivity contribution is 0.226. The number of benzene rings is 1. The van der Waals surface area contributed by atoms with Crippen molar-refractivity contribution in [3.63, 3.8) is 0 Å². The van der Waals surface area contributed by atoms with Crippen LogP contribution in [0.2, 0.25) is 0 Å². The average molecular weight is 269 g/mol.